The van der Waals surface area contributed by atoms with E-state index < -0.39 is 0 Å². The minimum atomic E-state index is -0.227. The molecule has 32 heavy (non-hydrogen) atoms. The molecule has 0 bridgehead atoms. The van der Waals surface area contributed by atoms with Gasteiger partial charge < -0.3 is 9.47 Å². The second-order valence-electron chi connectivity index (χ2n) is 9.25. The van der Waals surface area contributed by atoms with Crippen molar-refractivity contribution in [2.75, 3.05) is 18.0 Å². The summed E-state index contributed by atoms with van der Waals surface area (Å²) in [5, 5.41) is 0.641. The molecule has 2 fully saturated rings. The smallest absolute Gasteiger partial charge is 0.129 e. The minimum absolute atomic E-state index is 0.227. The van der Waals surface area contributed by atoms with Gasteiger partial charge in [-0.05, 0) is 66.1 Å². The first-order valence-electron chi connectivity index (χ1n) is 11.2. The lowest BCUT2D eigenvalue weighted by Gasteiger charge is -2.38. The fourth-order valence-electron chi connectivity index (χ4n) is 5.22. The molecule has 2 aromatic heterocycles. The van der Waals surface area contributed by atoms with Crippen molar-refractivity contribution in [1.82, 2.24) is 14.5 Å². The topological polar surface area (TPSA) is 34.0 Å². The van der Waals surface area contributed by atoms with E-state index in [0.717, 1.165) is 46.6 Å². The molecule has 0 amide bonds. The Balaban J connectivity index is 1.34. The maximum absolute atomic E-state index is 13.6. The Labute approximate surface area is 191 Å². The van der Waals surface area contributed by atoms with Crippen LogP contribution in [0.15, 0.2) is 61.1 Å². The Morgan fingerprint density at radius 1 is 1.03 bits per heavy atom. The van der Waals surface area contributed by atoms with Crippen LogP contribution in [0.4, 0.5) is 10.2 Å². The Morgan fingerprint density at radius 3 is 2.72 bits per heavy atom. The fourth-order valence-corrected chi connectivity index (χ4v) is 5.43. The number of imidazole rings is 1. The summed E-state index contributed by atoms with van der Waals surface area (Å²) in [7, 11) is 0. The third kappa shape index (κ3) is 3.45. The van der Waals surface area contributed by atoms with Crippen LogP contribution in [0.25, 0.3) is 22.2 Å². The third-order valence-electron chi connectivity index (χ3n) is 7.19. The Kier molecular flexibility index (Phi) is 4.68. The van der Waals surface area contributed by atoms with E-state index in [0.29, 0.717) is 17.0 Å². The highest BCUT2D eigenvalue weighted by atomic mass is 35.5. The number of anilines is 1. The molecule has 162 valence electrons. The lowest BCUT2D eigenvalue weighted by Crippen LogP contribution is -2.33. The van der Waals surface area contributed by atoms with Gasteiger partial charge in [0, 0.05) is 31.4 Å². The van der Waals surface area contributed by atoms with Crippen molar-refractivity contribution in [3.05, 3.63) is 77.5 Å². The molecule has 0 radical (unpaired) electrons. The molecule has 4 nitrogen and oxygen atoms in total. The first-order chi connectivity index (χ1) is 15.6. The van der Waals surface area contributed by atoms with E-state index in [1.807, 2.05) is 16.7 Å². The van der Waals surface area contributed by atoms with E-state index >= 15 is 0 Å². The van der Waals surface area contributed by atoms with E-state index in [4.69, 9.17) is 11.6 Å². The summed E-state index contributed by atoms with van der Waals surface area (Å²) in [5.41, 5.74) is 5.33. The van der Waals surface area contributed by atoms with Crippen molar-refractivity contribution < 1.29 is 4.39 Å². The van der Waals surface area contributed by atoms with Crippen LogP contribution in [-0.2, 0) is 6.54 Å². The first kappa shape index (κ1) is 19.7. The first-order valence-corrected chi connectivity index (χ1v) is 11.6. The average molecular weight is 447 g/mol. The van der Waals surface area contributed by atoms with Gasteiger partial charge in [0.05, 0.1) is 22.4 Å². The van der Waals surface area contributed by atoms with Gasteiger partial charge in [0.1, 0.15) is 11.6 Å². The number of rotatable bonds is 4. The van der Waals surface area contributed by atoms with Gasteiger partial charge in [0.15, 0.2) is 0 Å². The van der Waals surface area contributed by atoms with Crippen LogP contribution in [-0.4, -0.2) is 27.6 Å². The highest BCUT2D eigenvalue weighted by Gasteiger charge is 2.43. The van der Waals surface area contributed by atoms with E-state index in [1.54, 1.807) is 24.7 Å². The number of halogens is 2. The second-order valence-corrected chi connectivity index (χ2v) is 9.66. The highest BCUT2D eigenvalue weighted by Crippen LogP contribution is 2.49. The van der Waals surface area contributed by atoms with Gasteiger partial charge in [-0.15, -0.1) is 0 Å². The fraction of sp³-hybridized carbons (Fsp3) is 0.308. The minimum Gasteiger partial charge on any atom is -0.356 e. The molecule has 2 aromatic carbocycles. The van der Waals surface area contributed by atoms with Crippen LogP contribution in [0.5, 0.6) is 0 Å². The van der Waals surface area contributed by atoms with Crippen LogP contribution in [0.1, 0.15) is 31.2 Å². The van der Waals surface area contributed by atoms with Crippen molar-refractivity contribution in [2.45, 2.75) is 32.2 Å². The van der Waals surface area contributed by atoms with Crippen molar-refractivity contribution in [2.24, 2.45) is 5.41 Å². The van der Waals surface area contributed by atoms with E-state index in [2.05, 4.69) is 33.1 Å². The van der Waals surface area contributed by atoms with Gasteiger partial charge in [-0.3, -0.25) is 0 Å². The second kappa shape index (κ2) is 7.59. The molecule has 1 spiro atoms. The van der Waals surface area contributed by atoms with Crippen LogP contribution in [0.2, 0.25) is 5.02 Å². The molecule has 1 aliphatic heterocycles. The summed E-state index contributed by atoms with van der Waals surface area (Å²) in [6, 6.07) is 15.0. The molecule has 0 atom stereocenters. The number of nitrogens with zero attached hydrogens (tertiary/aromatic N) is 4. The number of fused-ring (bicyclic) bond motifs is 1. The third-order valence-corrected chi connectivity index (χ3v) is 7.49. The predicted octanol–water partition coefficient (Wildman–Crippen LogP) is 6.32. The van der Waals surface area contributed by atoms with Crippen LogP contribution in [0, 0.1) is 11.2 Å². The van der Waals surface area contributed by atoms with Gasteiger partial charge in [-0.25, -0.2) is 14.4 Å². The molecule has 4 aromatic rings. The molecular formula is C26H24ClFN4. The zero-order chi connectivity index (χ0) is 21.7. The SMILES string of the molecule is Fc1cccc(Cn2cnc3ccc(-c4cc(N5CCC6(CCC6)C5)ncc4Cl)cc32)c1. The van der Waals surface area contributed by atoms with E-state index in [9.17, 15) is 4.39 Å². The summed E-state index contributed by atoms with van der Waals surface area (Å²) in [5.74, 6) is 0.774. The Hall–Kier alpha value is -2.92. The quantitative estimate of drug-likeness (QED) is 0.368. The van der Waals surface area contributed by atoms with Gasteiger partial charge in [0.2, 0.25) is 0 Å². The number of pyridine rings is 1. The largest absolute Gasteiger partial charge is 0.356 e. The Bertz CT molecular complexity index is 1310. The van der Waals surface area contributed by atoms with Gasteiger partial charge in [-0.2, -0.15) is 0 Å². The molecule has 6 heteroatoms. The maximum atomic E-state index is 13.6. The predicted molar refractivity (Wildman–Crippen MR) is 127 cm³/mol. The molecule has 1 saturated heterocycles. The maximum Gasteiger partial charge on any atom is 0.129 e. The highest BCUT2D eigenvalue weighted by molar-refractivity contribution is 6.33. The lowest BCUT2D eigenvalue weighted by atomic mass is 9.68. The molecule has 6 rings (SSSR count). The summed E-state index contributed by atoms with van der Waals surface area (Å²) in [4.78, 5) is 11.6. The lowest BCUT2D eigenvalue weighted by molar-refractivity contribution is 0.165. The molecule has 1 aliphatic carbocycles. The number of hydrogen-bond donors (Lipinski definition) is 0. The molecule has 3 heterocycles. The number of hydrogen-bond acceptors (Lipinski definition) is 3. The molecule has 1 saturated carbocycles. The molecular weight excluding hydrogens is 423 g/mol. The monoisotopic (exact) mass is 446 g/mol. The van der Waals surface area contributed by atoms with E-state index in [-0.39, 0.29) is 5.82 Å². The zero-order valence-electron chi connectivity index (χ0n) is 17.8. The zero-order valence-corrected chi connectivity index (χ0v) is 18.5. The molecule has 0 N–H and O–H groups in total. The molecule has 0 unspecified atom stereocenters. The van der Waals surface area contributed by atoms with Crippen molar-refractivity contribution in [3.8, 4) is 11.1 Å². The van der Waals surface area contributed by atoms with Crippen LogP contribution >= 0.6 is 11.6 Å². The number of aromatic nitrogens is 3. The number of benzene rings is 2. The average Bonchev–Trinajstić information content (AvgIpc) is 3.39. The van der Waals surface area contributed by atoms with Crippen LogP contribution < -0.4 is 4.90 Å². The Morgan fingerprint density at radius 2 is 1.94 bits per heavy atom. The van der Waals surface area contributed by atoms with E-state index in [1.165, 1.54) is 31.7 Å². The normalized spacial score (nSPS) is 17.2. The summed E-state index contributed by atoms with van der Waals surface area (Å²) >= 11 is 6.60. The van der Waals surface area contributed by atoms with Crippen molar-refractivity contribution >= 4 is 28.5 Å². The summed E-state index contributed by atoms with van der Waals surface area (Å²) in [6.45, 7) is 2.72. The van der Waals surface area contributed by atoms with Crippen molar-refractivity contribution in [3.63, 3.8) is 0 Å². The van der Waals surface area contributed by atoms with Crippen molar-refractivity contribution in [1.29, 1.82) is 0 Å². The summed E-state index contributed by atoms with van der Waals surface area (Å²) in [6.07, 6.45) is 8.88. The van der Waals surface area contributed by atoms with Gasteiger partial charge >= 0.3 is 0 Å². The summed E-state index contributed by atoms with van der Waals surface area (Å²) < 4.78 is 15.7. The van der Waals surface area contributed by atoms with Gasteiger partial charge in [-0.1, -0.05) is 36.2 Å². The molecule has 2 aliphatic rings. The standard InChI is InChI=1S/C26H24ClFN4/c27-22-14-29-25(31-10-9-26(16-31)7-2-8-26)13-21(22)19-5-6-23-24(12-19)32(17-30-23)15-18-3-1-4-20(28)11-18/h1,3-6,11-14,17H,2,7-10,15-16H2. The van der Waals surface area contributed by atoms with Gasteiger partial charge in [0.25, 0.3) is 0 Å². The van der Waals surface area contributed by atoms with Crippen LogP contribution in [0.3, 0.4) is 0 Å².